The molecule has 0 unspecified atom stereocenters. The fraction of sp³-hybridized carbons (Fsp3) is 0.200. The van der Waals surface area contributed by atoms with Gasteiger partial charge in [0.2, 0.25) is 0 Å². The average molecular weight is 275 g/mol. The van der Waals surface area contributed by atoms with Crippen LogP contribution >= 0.6 is 0 Å². The van der Waals surface area contributed by atoms with Crippen molar-refractivity contribution in [3.63, 3.8) is 0 Å². The number of hydrogen-bond acceptors (Lipinski definition) is 3. The van der Waals surface area contributed by atoms with E-state index in [2.05, 4.69) is 0 Å². The normalized spacial score (nSPS) is 10.3. The number of hydrogen-bond donors (Lipinski definition) is 0. The lowest BCUT2D eigenvalue weighted by molar-refractivity contribution is -0.385. The fourth-order valence-corrected chi connectivity index (χ4v) is 1.93. The number of rotatable bonds is 4. The minimum Gasteiger partial charge on any atom is -0.488 e. The maximum absolute atomic E-state index is 13.5. The van der Waals surface area contributed by atoms with E-state index in [1.165, 1.54) is 12.1 Å². The van der Waals surface area contributed by atoms with Gasteiger partial charge < -0.3 is 4.74 Å². The van der Waals surface area contributed by atoms with Crippen LogP contribution in [0.5, 0.6) is 5.75 Å². The first-order valence-electron chi connectivity index (χ1n) is 6.11. The fourth-order valence-electron chi connectivity index (χ4n) is 1.93. The molecule has 0 fully saturated rings. The van der Waals surface area contributed by atoms with Crippen molar-refractivity contribution < 1.29 is 14.1 Å². The Bertz CT molecular complexity index is 656. The van der Waals surface area contributed by atoms with Gasteiger partial charge in [-0.2, -0.15) is 0 Å². The van der Waals surface area contributed by atoms with Gasteiger partial charge in [0.1, 0.15) is 18.2 Å². The second kappa shape index (κ2) is 5.69. The van der Waals surface area contributed by atoms with Crippen LogP contribution in [0.1, 0.15) is 16.7 Å². The Labute approximate surface area is 116 Å². The summed E-state index contributed by atoms with van der Waals surface area (Å²) in [5.74, 6) is 0.0411. The van der Waals surface area contributed by atoms with E-state index in [-0.39, 0.29) is 18.1 Å². The van der Waals surface area contributed by atoms with Crippen molar-refractivity contribution in [2.45, 2.75) is 20.5 Å². The molecule has 5 heteroatoms. The standard InChI is InChI=1S/C15H14FNO3/c1-10-7-11(2)15(8-13(10)16)20-9-12-5-3-4-6-14(12)17(18)19/h3-8H,9H2,1-2H3. The number of benzene rings is 2. The molecule has 0 aliphatic rings. The third kappa shape index (κ3) is 2.93. The molecule has 2 aromatic rings. The number of nitro benzene ring substituents is 1. The Balaban J connectivity index is 2.21. The molecule has 0 atom stereocenters. The minimum atomic E-state index is -0.457. The van der Waals surface area contributed by atoms with Crippen molar-refractivity contribution in [3.8, 4) is 5.75 Å². The first kappa shape index (κ1) is 14.0. The molecule has 0 saturated carbocycles. The molecule has 4 nitrogen and oxygen atoms in total. The van der Waals surface area contributed by atoms with Gasteiger partial charge >= 0.3 is 0 Å². The highest BCUT2D eigenvalue weighted by atomic mass is 19.1. The quantitative estimate of drug-likeness (QED) is 0.627. The maximum atomic E-state index is 13.5. The van der Waals surface area contributed by atoms with Gasteiger partial charge in [0.15, 0.2) is 0 Å². The smallest absolute Gasteiger partial charge is 0.276 e. The largest absolute Gasteiger partial charge is 0.488 e. The number of aryl methyl sites for hydroxylation is 2. The maximum Gasteiger partial charge on any atom is 0.276 e. The van der Waals surface area contributed by atoms with E-state index >= 15 is 0 Å². The molecule has 0 N–H and O–H groups in total. The van der Waals surface area contributed by atoms with E-state index in [1.54, 1.807) is 38.1 Å². The van der Waals surface area contributed by atoms with E-state index in [0.717, 1.165) is 5.56 Å². The molecule has 0 spiro atoms. The van der Waals surface area contributed by atoms with Crippen molar-refractivity contribution in [2.24, 2.45) is 0 Å². The number of nitro groups is 1. The van der Waals surface area contributed by atoms with Gasteiger partial charge in [-0.05, 0) is 37.1 Å². The second-order valence-corrected chi connectivity index (χ2v) is 4.54. The molecule has 0 radical (unpaired) electrons. The third-order valence-corrected chi connectivity index (χ3v) is 3.03. The minimum absolute atomic E-state index is 0.00210. The predicted molar refractivity (Wildman–Crippen MR) is 73.3 cm³/mol. The molecule has 2 rings (SSSR count). The Morgan fingerprint density at radius 1 is 1.20 bits per heavy atom. The molecule has 0 aromatic heterocycles. The zero-order valence-electron chi connectivity index (χ0n) is 11.2. The monoisotopic (exact) mass is 275 g/mol. The Morgan fingerprint density at radius 2 is 1.90 bits per heavy atom. The van der Waals surface area contributed by atoms with Crippen LogP contribution in [0.2, 0.25) is 0 Å². The summed E-state index contributed by atoms with van der Waals surface area (Å²) in [4.78, 5) is 10.4. The SMILES string of the molecule is Cc1cc(C)c(OCc2ccccc2[N+](=O)[O-])cc1F. The summed E-state index contributed by atoms with van der Waals surface area (Å²) in [6.45, 7) is 3.51. The van der Waals surface area contributed by atoms with Crippen molar-refractivity contribution in [1.29, 1.82) is 0 Å². The molecule has 0 saturated heterocycles. The van der Waals surface area contributed by atoms with Gasteiger partial charge in [-0.15, -0.1) is 0 Å². The second-order valence-electron chi connectivity index (χ2n) is 4.54. The first-order chi connectivity index (χ1) is 9.49. The van der Waals surface area contributed by atoms with Crippen molar-refractivity contribution >= 4 is 5.69 Å². The summed E-state index contributed by atoms with van der Waals surface area (Å²) in [7, 11) is 0. The lowest BCUT2D eigenvalue weighted by atomic mass is 10.1. The Kier molecular flexibility index (Phi) is 3.98. The number of nitrogens with zero attached hydrogens (tertiary/aromatic N) is 1. The van der Waals surface area contributed by atoms with E-state index in [0.29, 0.717) is 16.9 Å². The number of halogens is 1. The van der Waals surface area contributed by atoms with Crippen LogP contribution in [0.3, 0.4) is 0 Å². The first-order valence-corrected chi connectivity index (χ1v) is 6.11. The highest BCUT2D eigenvalue weighted by Crippen LogP contribution is 2.25. The molecule has 20 heavy (non-hydrogen) atoms. The molecule has 0 heterocycles. The molecule has 0 aliphatic heterocycles. The zero-order valence-corrected chi connectivity index (χ0v) is 11.2. The molecular weight excluding hydrogens is 261 g/mol. The molecule has 2 aromatic carbocycles. The summed E-state index contributed by atoms with van der Waals surface area (Å²) >= 11 is 0. The zero-order chi connectivity index (χ0) is 14.7. The van der Waals surface area contributed by atoms with Gasteiger partial charge in [-0.1, -0.05) is 12.1 Å². The van der Waals surface area contributed by atoms with Crippen molar-refractivity contribution in [1.82, 2.24) is 0 Å². The van der Waals surface area contributed by atoms with Gasteiger partial charge in [0.25, 0.3) is 5.69 Å². The van der Waals surface area contributed by atoms with Gasteiger partial charge in [0, 0.05) is 12.1 Å². The molecular formula is C15H14FNO3. The average Bonchev–Trinajstić information content (AvgIpc) is 2.41. The van der Waals surface area contributed by atoms with Gasteiger partial charge in [-0.25, -0.2) is 4.39 Å². The van der Waals surface area contributed by atoms with Crippen LogP contribution in [0.4, 0.5) is 10.1 Å². The van der Waals surface area contributed by atoms with Crippen LogP contribution in [-0.4, -0.2) is 4.92 Å². The number of ether oxygens (including phenoxy) is 1. The highest BCUT2D eigenvalue weighted by molar-refractivity contribution is 5.41. The topological polar surface area (TPSA) is 52.4 Å². The van der Waals surface area contributed by atoms with Crippen LogP contribution < -0.4 is 4.74 Å². The summed E-state index contributed by atoms with van der Waals surface area (Å²) in [6, 6.07) is 9.33. The van der Waals surface area contributed by atoms with E-state index in [4.69, 9.17) is 4.74 Å². The Morgan fingerprint density at radius 3 is 2.60 bits per heavy atom. The van der Waals surface area contributed by atoms with Gasteiger partial charge in [-0.3, -0.25) is 10.1 Å². The van der Waals surface area contributed by atoms with Gasteiger partial charge in [0.05, 0.1) is 10.5 Å². The van der Waals surface area contributed by atoms with Crippen LogP contribution in [0.15, 0.2) is 36.4 Å². The van der Waals surface area contributed by atoms with E-state index in [1.807, 2.05) is 0 Å². The van der Waals surface area contributed by atoms with Crippen LogP contribution in [0, 0.1) is 29.8 Å². The summed E-state index contributed by atoms with van der Waals surface area (Å²) in [5.41, 5.74) is 1.79. The predicted octanol–water partition coefficient (Wildman–Crippen LogP) is 3.93. The van der Waals surface area contributed by atoms with Crippen molar-refractivity contribution in [2.75, 3.05) is 0 Å². The lowest BCUT2D eigenvalue weighted by Crippen LogP contribution is -2.02. The molecule has 0 aliphatic carbocycles. The van der Waals surface area contributed by atoms with Crippen LogP contribution in [-0.2, 0) is 6.61 Å². The highest BCUT2D eigenvalue weighted by Gasteiger charge is 2.13. The lowest BCUT2D eigenvalue weighted by Gasteiger charge is -2.10. The summed E-state index contributed by atoms with van der Waals surface area (Å²) in [6.07, 6.45) is 0. The number of para-hydroxylation sites is 1. The molecule has 0 bridgehead atoms. The Hall–Kier alpha value is -2.43. The van der Waals surface area contributed by atoms with E-state index < -0.39 is 4.92 Å². The summed E-state index contributed by atoms with van der Waals surface area (Å²) in [5, 5.41) is 10.9. The van der Waals surface area contributed by atoms with E-state index in [9.17, 15) is 14.5 Å². The third-order valence-electron chi connectivity index (χ3n) is 3.03. The van der Waals surface area contributed by atoms with Crippen LogP contribution in [0.25, 0.3) is 0 Å². The summed E-state index contributed by atoms with van der Waals surface area (Å²) < 4.78 is 19.0. The molecule has 104 valence electrons. The molecule has 0 amide bonds. The van der Waals surface area contributed by atoms with Crippen molar-refractivity contribution in [3.05, 3.63) is 69.0 Å².